The SMILES string of the molecule is O=C(Nc1ccccc1)C1CCCN(c2nccc(Oc3ccc(F)cc3)n2)C1. The summed E-state index contributed by atoms with van der Waals surface area (Å²) < 4.78 is 18.7. The van der Waals surface area contributed by atoms with Crippen LogP contribution in [0.5, 0.6) is 11.6 Å². The molecule has 3 aromatic rings. The van der Waals surface area contributed by atoms with E-state index in [-0.39, 0.29) is 17.6 Å². The smallest absolute Gasteiger partial charge is 0.229 e. The zero-order valence-corrected chi connectivity index (χ0v) is 15.8. The van der Waals surface area contributed by atoms with E-state index in [1.165, 1.54) is 12.1 Å². The van der Waals surface area contributed by atoms with Crippen LogP contribution in [0.25, 0.3) is 0 Å². The predicted octanol–water partition coefficient (Wildman–Crippen LogP) is 4.26. The molecular weight excluding hydrogens is 371 g/mol. The van der Waals surface area contributed by atoms with Crippen molar-refractivity contribution in [2.75, 3.05) is 23.3 Å². The molecule has 0 aliphatic carbocycles. The van der Waals surface area contributed by atoms with Gasteiger partial charge in [0.15, 0.2) is 0 Å². The number of amides is 1. The van der Waals surface area contributed by atoms with E-state index in [0.717, 1.165) is 25.1 Å². The average molecular weight is 392 g/mol. The van der Waals surface area contributed by atoms with Crippen molar-refractivity contribution in [3.05, 3.63) is 72.7 Å². The molecule has 1 unspecified atom stereocenters. The molecular formula is C22H21FN4O2. The van der Waals surface area contributed by atoms with E-state index in [2.05, 4.69) is 15.3 Å². The lowest BCUT2D eigenvalue weighted by atomic mass is 9.97. The maximum absolute atomic E-state index is 13.1. The van der Waals surface area contributed by atoms with Crippen LogP contribution in [0.3, 0.4) is 0 Å². The van der Waals surface area contributed by atoms with Gasteiger partial charge < -0.3 is 15.0 Å². The van der Waals surface area contributed by atoms with E-state index in [1.807, 2.05) is 35.2 Å². The van der Waals surface area contributed by atoms with Gasteiger partial charge in [0, 0.05) is 31.0 Å². The molecule has 0 saturated carbocycles. The molecule has 1 amide bonds. The van der Waals surface area contributed by atoms with Crippen molar-refractivity contribution in [1.29, 1.82) is 0 Å². The van der Waals surface area contributed by atoms with Crippen molar-refractivity contribution in [2.24, 2.45) is 5.92 Å². The number of halogens is 1. The normalized spacial score (nSPS) is 16.3. The summed E-state index contributed by atoms with van der Waals surface area (Å²) >= 11 is 0. The lowest BCUT2D eigenvalue weighted by molar-refractivity contribution is -0.120. The van der Waals surface area contributed by atoms with Gasteiger partial charge in [0.25, 0.3) is 0 Å². The number of ether oxygens (including phenoxy) is 1. The number of nitrogens with one attached hydrogen (secondary N) is 1. The van der Waals surface area contributed by atoms with Gasteiger partial charge in [0.05, 0.1) is 5.92 Å². The Morgan fingerprint density at radius 3 is 2.69 bits per heavy atom. The molecule has 148 valence electrons. The van der Waals surface area contributed by atoms with Crippen LogP contribution in [-0.2, 0) is 4.79 Å². The lowest BCUT2D eigenvalue weighted by Gasteiger charge is -2.32. The quantitative estimate of drug-likeness (QED) is 0.703. The third kappa shape index (κ3) is 4.87. The summed E-state index contributed by atoms with van der Waals surface area (Å²) in [5, 5.41) is 2.97. The highest BCUT2D eigenvalue weighted by Crippen LogP contribution is 2.25. The van der Waals surface area contributed by atoms with Gasteiger partial charge in [-0.15, -0.1) is 0 Å². The Morgan fingerprint density at radius 1 is 1.10 bits per heavy atom. The van der Waals surface area contributed by atoms with Gasteiger partial charge in [-0.2, -0.15) is 4.98 Å². The summed E-state index contributed by atoms with van der Waals surface area (Å²) in [5.41, 5.74) is 0.792. The predicted molar refractivity (Wildman–Crippen MR) is 109 cm³/mol. The Kier molecular flexibility index (Phi) is 5.65. The molecule has 2 aromatic carbocycles. The minimum atomic E-state index is -0.325. The van der Waals surface area contributed by atoms with Crippen LogP contribution >= 0.6 is 0 Å². The number of rotatable bonds is 5. The molecule has 7 heteroatoms. The first-order valence-corrected chi connectivity index (χ1v) is 9.55. The highest BCUT2D eigenvalue weighted by Gasteiger charge is 2.27. The van der Waals surface area contributed by atoms with Crippen molar-refractivity contribution >= 4 is 17.5 Å². The molecule has 1 aromatic heterocycles. The molecule has 1 aliphatic rings. The van der Waals surface area contributed by atoms with Crippen molar-refractivity contribution < 1.29 is 13.9 Å². The summed E-state index contributed by atoms with van der Waals surface area (Å²) in [4.78, 5) is 23.4. The molecule has 1 atom stereocenters. The lowest BCUT2D eigenvalue weighted by Crippen LogP contribution is -2.41. The molecule has 6 nitrogen and oxygen atoms in total. The summed E-state index contributed by atoms with van der Waals surface area (Å²) in [6.45, 7) is 1.31. The number of para-hydroxylation sites is 1. The first-order valence-electron chi connectivity index (χ1n) is 9.55. The molecule has 0 radical (unpaired) electrons. The minimum absolute atomic E-state index is 0.000355. The summed E-state index contributed by atoms with van der Waals surface area (Å²) in [5.74, 6) is 0.914. The zero-order valence-electron chi connectivity index (χ0n) is 15.8. The van der Waals surface area contributed by atoms with Crippen LogP contribution in [-0.4, -0.2) is 29.0 Å². The fourth-order valence-corrected chi connectivity index (χ4v) is 3.30. The second kappa shape index (κ2) is 8.68. The van der Waals surface area contributed by atoms with Crippen molar-refractivity contribution in [3.63, 3.8) is 0 Å². The minimum Gasteiger partial charge on any atom is -0.439 e. The molecule has 4 rings (SSSR count). The maximum atomic E-state index is 13.1. The zero-order chi connectivity index (χ0) is 20.1. The Labute approximate surface area is 168 Å². The molecule has 1 fully saturated rings. The summed E-state index contributed by atoms with van der Waals surface area (Å²) in [6, 6.07) is 16.8. The van der Waals surface area contributed by atoms with E-state index in [1.54, 1.807) is 24.4 Å². The third-order valence-corrected chi connectivity index (χ3v) is 4.77. The number of hydrogen-bond donors (Lipinski definition) is 1. The molecule has 1 saturated heterocycles. The Balaban J connectivity index is 1.42. The number of carbonyl (C=O) groups excluding carboxylic acids is 1. The van der Waals surface area contributed by atoms with Crippen molar-refractivity contribution in [3.8, 4) is 11.6 Å². The molecule has 1 aliphatic heterocycles. The van der Waals surface area contributed by atoms with Crippen LogP contribution in [0.1, 0.15) is 12.8 Å². The Bertz CT molecular complexity index is 966. The molecule has 0 spiro atoms. The van der Waals surface area contributed by atoms with Gasteiger partial charge in [0.2, 0.25) is 17.7 Å². The summed E-state index contributed by atoms with van der Waals surface area (Å²) in [6.07, 6.45) is 3.31. The van der Waals surface area contributed by atoms with Gasteiger partial charge in [-0.1, -0.05) is 18.2 Å². The molecule has 0 bridgehead atoms. The van der Waals surface area contributed by atoms with Crippen LogP contribution < -0.4 is 15.0 Å². The second-order valence-corrected chi connectivity index (χ2v) is 6.89. The number of anilines is 2. The van der Waals surface area contributed by atoms with Crippen molar-refractivity contribution in [2.45, 2.75) is 12.8 Å². The molecule has 2 heterocycles. The van der Waals surface area contributed by atoms with E-state index in [0.29, 0.717) is 24.1 Å². The van der Waals surface area contributed by atoms with E-state index < -0.39 is 0 Å². The highest BCUT2D eigenvalue weighted by molar-refractivity contribution is 5.93. The number of nitrogens with zero attached hydrogens (tertiary/aromatic N) is 3. The van der Waals surface area contributed by atoms with E-state index >= 15 is 0 Å². The highest BCUT2D eigenvalue weighted by atomic mass is 19.1. The maximum Gasteiger partial charge on any atom is 0.229 e. The monoisotopic (exact) mass is 392 g/mol. The standard InChI is InChI=1S/C22H21FN4O2/c23-17-8-10-19(11-9-17)29-20-12-13-24-22(26-20)27-14-4-5-16(15-27)21(28)25-18-6-2-1-3-7-18/h1-3,6-13,16H,4-5,14-15H2,(H,25,28). The van der Waals surface area contributed by atoms with Crippen LogP contribution in [0.2, 0.25) is 0 Å². The molecule has 29 heavy (non-hydrogen) atoms. The number of aromatic nitrogens is 2. The Morgan fingerprint density at radius 2 is 1.90 bits per heavy atom. The number of piperidine rings is 1. The first-order chi connectivity index (χ1) is 14.2. The average Bonchev–Trinajstić information content (AvgIpc) is 2.76. The third-order valence-electron chi connectivity index (χ3n) is 4.77. The van der Waals surface area contributed by atoms with Gasteiger partial charge in [-0.3, -0.25) is 4.79 Å². The number of carbonyl (C=O) groups is 1. The first kappa shape index (κ1) is 18.9. The van der Waals surface area contributed by atoms with E-state index in [4.69, 9.17) is 4.74 Å². The van der Waals surface area contributed by atoms with Gasteiger partial charge in [-0.25, -0.2) is 9.37 Å². The number of benzene rings is 2. The largest absolute Gasteiger partial charge is 0.439 e. The van der Waals surface area contributed by atoms with Crippen LogP contribution in [0.4, 0.5) is 16.0 Å². The van der Waals surface area contributed by atoms with Gasteiger partial charge in [-0.05, 0) is 49.2 Å². The van der Waals surface area contributed by atoms with Crippen molar-refractivity contribution in [1.82, 2.24) is 9.97 Å². The summed E-state index contributed by atoms with van der Waals surface area (Å²) in [7, 11) is 0. The fraction of sp³-hybridized carbons (Fsp3) is 0.227. The number of hydrogen-bond acceptors (Lipinski definition) is 5. The van der Waals surface area contributed by atoms with Gasteiger partial charge in [0.1, 0.15) is 11.6 Å². The molecule has 1 N–H and O–H groups in total. The fourth-order valence-electron chi connectivity index (χ4n) is 3.30. The Hall–Kier alpha value is -3.48. The van der Waals surface area contributed by atoms with E-state index in [9.17, 15) is 9.18 Å². The second-order valence-electron chi connectivity index (χ2n) is 6.89. The van der Waals surface area contributed by atoms with Crippen LogP contribution in [0, 0.1) is 11.7 Å². The van der Waals surface area contributed by atoms with Crippen LogP contribution in [0.15, 0.2) is 66.9 Å². The van der Waals surface area contributed by atoms with Gasteiger partial charge >= 0.3 is 0 Å². The topological polar surface area (TPSA) is 67.4 Å².